The Bertz CT molecular complexity index is 7520. The number of ketones is 3. The summed E-state index contributed by atoms with van der Waals surface area (Å²) in [5.41, 5.74) is 25.3. The van der Waals surface area contributed by atoms with Crippen molar-refractivity contribution in [3.05, 3.63) is 402 Å². The number of aliphatic hydroxyl groups is 4. The van der Waals surface area contributed by atoms with Crippen LogP contribution >= 0.6 is 85.7 Å². The highest BCUT2D eigenvalue weighted by Gasteiger charge is 2.50. The van der Waals surface area contributed by atoms with Crippen LogP contribution in [-0.2, 0) is 71.0 Å². The summed E-state index contributed by atoms with van der Waals surface area (Å²) in [7, 11) is 0. The summed E-state index contributed by atoms with van der Waals surface area (Å²) in [5, 5.41) is 42.1. The summed E-state index contributed by atoms with van der Waals surface area (Å²) in [6.45, 7) is 21.3. The molecule has 30 heteroatoms. The first kappa shape index (κ1) is 105. The topological polar surface area (TPSA) is 281 Å². The van der Waals surface area contributed by atoms with Crippen LogP contribution in [0.5, 0.6) is 0 Å². The molecule has 4 amide bonds. The first-order chi connectivity index (χ1) is 72.3. The second kappa shape index (κ2) is 45.9. The number of halogens is 1. The zero-order chi connectivity index (χ0) is 104. The molecule has 2 unspecified atom stereocenters. The Balaban J connectivity index is 0.000000141. The van der Waals surface area contributed by atoms with Gasteiger partial charge in [-0.3, -0.25) is 43.4 Å². The standard InChI is InChI=1S/C44H40N3O5S2.C39H45BrN3O4S2.C36H32N3O5S2/c1-44(2)34-16-8-9-17-35(34)47(28-29-12-4-3-5-13-29)38(44)26-32-40(49)33(27-39-45(20-22-48)36-18-10-11-19-37(36)54-39)41(32)53-25-24-52-23-21-46-42(50)30-14-6-7-15-31(30)43(46)51;1-26-9-11-33-34(21-26)49-36(43(33)25-27-7-5-4-6-8-27)24-30-37(45)29(38(30)48-20-19-46-16-13-41)23-35-39(2,3)31-22-28(40)10-12-32(31)42(35)14-17-47-18-15-44;1-36(2)26-11-5-6-12-27(26)37(15-17-40)30(36)19-24-32(42)25(20-31-38(16-18-41)28-13-7-8-14-29(28)46-31)33(24)45-21-39-34(43)22-9-3-4-10-23(22)35(39)44/h3-19,26-27,48H,20-25,28H2,1-2H3;4-12,21-24,33-34,44H,13-20,25,41H2,1-3H3;3-14,19-20,40-41H,15-18,21H2,1-2H3/q3*+1. The number of carbonyl (C=O) groups excluding carboxylic acids is 7. The number of aliphatic hydroxyl groups excluding tert-OH is 4. The van der Waals surface area contributed by atoms with E-state index in [1.165, 1.54) is 60.7 Å². The number of ether oxygens (including phenoxy) is 3. The van der Waals surface area contributed by atoms with Gasteiger partial charge in [-0.1, -0.05) is 243 Å². The highest BCUT2D eigenvalue weighted by Crippen LogP contribution is 2.56. The van der Waals surface area contributed by atoms with Gasteiger partial charge in [0.2, 0.25) is 16.1 Å². The molecule has 21 rings (SSSR count). The Morgan fingerprint density at radius 2 is 0.859 bits per heavy atom. The average Bonchev–Trinajstić information content (AvgIpc) is 1.57. The minimum Gasteiger partial charge on any atom is -0.395 e. The van der Waals surface area contributed by atoms with E-state index in [0.717, 1.165) is 107 Å². The van der Waals surface area contributed by atoms with E-state index >= 15 is 0 Å². The molecule has 149 heavy (non-hydrogen) atoms. The van der Waals surface area contributed by atoms with Crippen molar-refractivity contribution in [3.63, 3.8) is 0 Å². The summed E-state index contributed by atoms with van der Waals surface area (Å²) < 4.78 is 27.0. The Hall–Kier alpha value is -12.2. The van der Waals surface area contributed by atoms with E-state index in [0.29, 0.717) is 139 Å². The van der Waals surface area contributed by atoms with Crippen molar-refractivity contribution >= 4 is 181 Å². The zero-order valence-electron chi connectivity index (χ0n) is 83.9. The maximum absolute atomic E-state index is 14.3. The molecule has 6 N–H and O–H groups in total. The van der Waals surface area contributed by atoms with Gasteiger partial charge in [0.05, 0.1) is 92.8 Å². The molecule has 0 radical (unpaired) electrons. The molecule has 0 saturated heterocycles. The van der Waals surface area contributed by atoms with Crippen LogP contribution in [0.3, 0.4) is 0 Å². The lowest BCUT2D eigenvalue weighted by Gasteiger charge is -2.30. The number of hydrogen-bond donors (Lipinski definition) is 5. The van der Waals surface area contributed by atoms with Gasteiger partial charge in [-0.2, -0.15) is 9.13 Å². The van der Waals surface area contributed by atoms with Crippen LogP contribution in [0.15, 0.2) is 342 Å². The molecule has 4 aliphatic carbocycles. The number of imide groups is 2. The SMILES string of the molecule is CC1(C)C(=CC2=C(SCCOCCN3C(=O)c4ccccc4C3=O)C(=Cc3sc4ccccc4[n+]3CCO)C2=O)N(Cc2ccccc2)c2ccccc21.CC1(C)C(=CC2=C(SCN3C(=O)c4ccccc4C3=O)C(=Cc3sc4ccccc4[n+]3CCO)C2=O)N(CCO)c2ccccc21.CC1=CC2SC(C=C3C(=O)C(C=C4N(CCOCCO)c5ccc(Br)cc5C4(C)C)=C3SCCOCCN)=[N+](Cc3ccccc3)C2C=C1. The number of anilines is 3. The van der Waals surface area contributed by atoms with Crippen molar-refractivity contribution in [1.29, 1.82) is 0 Å². The number of para-hydroxylation sites is 4. The fourth-order valence-electron chi connectivity index (χ4n) is 20.8. The van der Waals surface area contributed by atoms with Crippen LogP contribution < -0.4 is 29.6 Å². The van der Waals surface area contributed by atoms with Gasteiger partial charge in [0.1, 0.15) is 22.6 Å². The number of allylic oxidation sites excluding steroid dienone is 14. The largest absolute Gasteiger partial charge is 0.395 e. The molecule has 2 atom stereocenters. The molecular formula is C119H117BrN9O14S6+3. The lowest BCUT2D eigenvalue weighted by atomic mass is 9.81. The molecule has 10 aliphatic rings. The molecular weight excluding hydrogens is 2050 g/mol. The number of rotatable bonds is 37. The minimum absolute atomic E-state index is 0.0163. The van der Waals surface area contributed by atoms with Gasteiger partial charge < -0.3 is 55.1 Å². The summed E-state index contributed by atoms with van der Waals surface area (Å²) >= 11 is 13.2. The normalized spacial score (nSPS) is 19.6. The van der Waals surface area contributed by atoms with E-state index in [1.807, 2.05) is 107 Å². The number of fused-ring (bicyclic) bond motifs is 8. The average molecular weight is 2170 g/mol. The Labute approximate surface area is 900 Å². The van der Waals surface area contributed by atoms with Gasteiger partial charge in [-0.05, 0) is 132 Å². The number of thiazole rings is 2. The summed E-state index contributed by atoms with van der Waals surface area (Å²) in [6.07, 6.45) is 18.9. The fraction of sp³-hybridized carbons (Fsp3) is 0.277. The molecule has 0 spiro atoms. The number of nitrogens with zero attached hydrogens (tertiary/aromatic N) is 8. The predicted molar refractivity (Wildman–Crippen MR) is 601 cm³/mol. The quantitative estimate of drug-likeness (QED) is 0.0105. The molecule has 8 heterocycles. The number of hydrogen-bond acceptors (Lipinski definition) is 24. The van der Waals surface area contributed by atoms with Crippen LogP contribution in [0.2, 0.25) is 0 Å². The van der Waals surface area contributed by atoms with Crippen molar-refractivity contribution in [3.8, 4) is 0 Å². The van der Waals surface area contributed by atoms with Crippen LogP contribution in [0, 0.1) is 0 Å². The second-order valence-electron chi connectivity index (χ2n) is 38.7. The Morgan fingerprint density at radius 3 is 1.38 bits per heavy atom. The van der Waals surface area contributed by atoms with Crippen molar-refractivity contribution in [2.24, 2.45) is 5.73 Å². The number of Topliss-reactive ketones (excluding diaryl/α,β-unsaturated/α-hetero) is 3. The zero-order valence-corrected chi connectivity index (χ0v) is 90.4. The molecule has 9 aromatic carbocycles. The number of benzene rings is 9. The third-order valence-electron chi connectivity index (χ3n) is 28.3. The highest BCUT2D eigenvalue weighted by atomic mass is 79.9. The lowest BCUT2D eigenvalue weighted by Crippen LogP contribution is -2.37. The molecule has 11 aromatic rings. The van der Waals surface area contributed by atoms with Gasteiger partial charge in [0, 0.05) is 177 Å². The third kappa shape index (κ3) is 21.1. The summed E-state index contributed by atoms with van der Waals surface area (Å²) in [5.74, 6) is -0.0542. The van der Waals surface area contributed by atoms with Gasteiger partial charge in [0.25, 0.3) is 33.6 Å². The van der Waals surface area contributed by atoms with Gasteiger partial charge in [-0.25, -0.2) is 4.58 Å². The molecule has 0 fully saturated rings. The highest BCUT2D eigenvalue weighted by molar-refractivity contribution is 9.10. The number of β-amino-alcohol motifs (C(OH)–C–C–N with tert-alkyl or cyclic N) is 1. The summed E-state index contributed by atoms with van der Waals surface area (Å²) in [6, 6.07) is 73.6. The Kier molecular flexibility index (Phi) is 32.5. The third-order valence-corrected chi connectivity index (χ3v) is 35.7. The second-order valence-corrected chi connectivity index (χ2v) is 46.1. The number of amides is 4. The van der Waals surface area contributed by atoms with E-state index < -0.39 is 5.41 Å². The van der Waals surface area contributed by atoms with Crippen molar-refractivity contribution < 1.29 is 81.9 Å². The van der Waals surface area contributed by atoms with E-state index in [1.54, 1.807) is 83.4 Å². The van der Waals surface area contributed by atoms with Crippen LogP contribution in [-0.4, -0.2) is 202 Å². The van der Waals surface area contributed by atoms with E-state index in [-0.39, 0.29) is 103 Å². The maximum atomic E-state index is 14.3. The molecule has 0 bridgehead atoms. The molecule has 0 saturated carbocycles. The van der Waals surface area contributed by atoms with E-state index in [9.17, 15) is 54.0 Å². The maximum Gasteiger partial charge on any atom is 0.263 e. The molecule has 2 aromatic heterocycles. The molecule has 23 nitrogen and oxygen atoms in total. The number of aromatic nitrogens is 2. The lowest BCUT2D eigenvalue weighted by molar-refractivity contribution is -0.670. The first-order valence-electron chi connectivity index (χ1n) is 50.0. The fourth-order valence-corrected chi connectivity index (χ4v) is 28.1. The number of thioether (sulfide) groups is 4. The van der Waals surface area contributed by atoms with E-state index in [4.69, 9.17) is 19.9 Å². The minimum atomic E-state index is -0.438. The Morgan fingerprint density at radius 1 is 0.430 bits per heavy atom. The number of carbonyl (C=O) groups is 7. The van der Waals surface area contributed by atoms with Gasteiger partial charge in [-0.15, -0.1) is 35.3 Å². The van der Waals surface area contributed by atoms with Crippen LogP contribution in [0.1, 0.15) is 128 Å². The van der Waals surface area contributed by atoms with Crippen LogP contribution in [0.25, 0.3) is 32.6 Å². The van der Waals surface area contributed by atoms with Crippen molar-refractivity contribution in [1.82, 2.24) is 9.80 Å². The number of nitrogens with two attached hydrogens (primary N) is 1. The monoisotopic (exact) mass is 2170 g/mol. The van der Waals surface area contributed by atoms with E-state index in [2.05, 4.69) is 228 Å². The predicted octanol–water partition coefficient (Wildman–Crippen LogP) is 18.9. The van der Waals surface area contributed by atoms with Gasteiger partial charge >= 0.3 is 0 Å². The van der Waals surface area contributed by atoms with Crippen molar-refractivity contribution in [2.45, 2.75) is 102 Å². The van der Waals surface area contributed by atoms with Gasteiger partial charge in [0.15, 0.2) is 43.0 Å². The van der Waals surface area contributed by atoms with Crippen LogP contribution in [0.4, 0.5) is 17.1 Å². The molecule has 6 aliphatic heterocycles. The first-order valence-corrected chi connectivity index (χ1v) is 56.3. The summed E-state index contributed by atoms with van der Waals surface area (Å²) in [4.78, 5) is 106. The van der Waals surface area contributed by atoms with Crippen molar-refractivity contribution in [2.75, 3.05) is 124 Å². The molecule has 762 valence electrons. The smallest absolute Gasteiger partial charge is 0.263 e.